The van der Waals surface area contributed by atoms with E-state index in [0.29, 0.717) is 35.4 Å². The van der Waals surface area contributed by atoms with Crippen molar-refractivity contribution in [3.8, 4) is 28.7 Å². The third-order valence-corrected chi connectivity index (χ3v) is 8.46. The van der Waals surface area contributed by atoms with Crippen LogP contribution in [0.2, 0.25) is 0 Å². The van der Waals surface area contributed by atoms with Crippen molar-refractivity contribution < 1.29 is 17.9 Å². The highest BCUT2D eigenvalue weighted by atomic mass is 19.4. The van der Waals surface area contributed by atoms with Gasteiger partial charge in [-0.2, -0.15) is 13.2 Å². The van der Waals surface area contributed by atoms with Gasteiger partial charge >= 0.3 is 6.18 Å². The summed E-state index contributed by atoms with van der Waals surface area (Å²) >= 11 is 0. The molecule has 5 aromatic rings. The average molecular weight is 588 g/mol. The largest absolute Gasteiger partial charge is 0.480 e. The van der Waals surface area contributed by atoms with Gasteiger partial charge in [0.05, 0.1) is 30.0 Å². The summed E-state index contributed by atoms with van der Waals surface area (Å²) < 4.78 is 49.9. The molecule has 7 rings (SSSR count). The predicted molar refractivity (Wildman–Crippen MR) is 156 cm³/mol. The second-order valence-electron chi connectivity index (χ2n) is 11.7. The normalized spacial score (nSPS) is 15.3. The molecule has 0 atom stereocenters. The molecule has 222 valence electrons. The fraction of sp³-hybridized carbons (Fsp3) is 0.406. The highest BCUT2D eigenvalue weighted by Crippen LogP contribution is 2.45. The van der Waals surface area contributed by atoms with E-state index in [1.54, 1.807) is 11.7 Å². The summed E-state index contributed by atoms with van der Waals surface area (Å²) in [5.41, 5.74) is 6.82. The molecule has 5 heterocycles. The van der Waals surface area contributed by atoms with Crippen LogP contribution in [0.25, 0.3) is 33.8 Å². The fourth-order valence-corrected chi connectivity index (χ4v) is 6.18. The Balaban J connectivity index is 1.29. The van der Waals surface area contributed by atoms with Crippen LogP contribution in [-0.4, -0.2) is 41.2 Å². The minimum absolute atomic E-state index is 0.166. The summed E-state index contributed by atoms with van der Waals surface area (Å²) in [6, 6.07) is 7.50. The SMILES string of the molecule is COc1ncnc(C2CC2)c1-c1ncc2c(n1)c(Cc1ccc(-c3nc(C(F)(F)F)cn3C(C)C)cc1)c1n2CCCC1. The Labute approximate surface area is 247 Å². The van der Waals surface area contributed by atoms with Crippen LogP contribution in [0.3, 0.4) is 0 Å². The zero-order valence-electron chi connectivity index (χ0n) is 24.3. The van der Waals surface area contributed by atoms with E-state index in [0.717, 1.165) is 78.3 Å². The summed E-state index contributed by atoms with van der Waals surface area (Å²) in [5, 5.41) is 0. The number of fused-ring (bicyclic) bond motifs is 3. The number of aromatic nitrogens is 7. The number of hydrogen-bond donors (Lipinski definition) is 0. The molecule has 4 aromatic heterocycles. The third-order valence-electron chi connectivity index (χ3n) is 8.46. The van der Waals surface area contributed by atoms with E-state index >= 15 is 0 Å². The van der Waals surface area contributed by atoms with Crippen molar-refractivity contribution in [3.63, 3.8) is 0 Å². The number of alkyl halides is 3. The van der Waals surface area contributed by atoms with Gasteiger partial charge in [0.2, 0.25) is 5.88 Å². The molecule has 1 aliphatic heterocycles. The van der Waals surface area contributed by atoms with E-state index in [4.69, 9.17) is 14.7 Å². The highest BCUT2D eigenvalue weighted by Gasteiger charge is 2.35. The summed E-state index contributed by atoms with van der Waals surface area (Å²) in [5.74, 6) is 1.71. The van der Waals surface area contributed by atoms with Crippen molar-refractivity contribution in [1.82, 2.24) is 34.1 Å². The van der Waals surface area contributed by atoms with Crippen molar-refractivity contribution in [2.45, 2.75) is 77.1 Å². The first kappa shape index (κ1) is 27.5. The minimum Gasteiger partial charge on any atom is -0.480 e. The Bertz CT molecular complexity index is 1820. The molecular formula is C32H32F3N7O. The lowest BCUT2D eigenvalue weighted by Crippen LogP contribution is -2.11. The zero-order chi connectivity index (χ0) is 29.9. The summed E-state index contributed by atoms with van der Waals surface area (Å²) in [4.78, 5) is 22.8. The van der Waals surface area contributed by atoms with Crippen LogP contribution in [-0.2, 0) is 25.6 Å². The van der Waals surface area contributed by atoms with Gasteiger partial charge in [0.1, 0.15) is 17.7 Å². The second kappa shape index (κ2) is 10.5. The van der Waals surface area contributed by atoms with Crippen LogP contribution in [0.5, 0.6) is 5.88 Å². The first-order valence-corrected chi connectivity index (χ1v) is 14.7. The molecule has 2 aliphatic rings. The number of benzene rings is 1. The lowest BCUT2D eigenvalue weighted by Gasteiger charge is -2.17. The monoisotopic (exact) mass is 587 g/mol. The zero-order valence-corrected chi connectivity index (χ0v) is 24.3. The number of rotatable bonds is 7. The number of methoxy groups -OCH3 is 1. The Morgan fingerprint density at radius 2 is 1.81 bits per heavy atom. The van der Waals surface area contributed by atoms with Gasteiger partial charge in [0.25, 0.3) is 0 Å². The first-order chi connectivity index (χ1) is 20.7. The molecule has 0 N–H and O–H groups in total. The Kier molecular flexibility index (Phi) is 6.70. The van der Waals surface area contributed by atoms with E-state index in [-0.39, 0.29) is 6.04 Å². The van der Waals surface area contributed by atoms with E-state index in [1.165, 1.54) is 12.0 Å². The topological polar surface area (TPSA) is 83.5 Å². The van der Waals surface area contributed by atoms with E-state index in [9.17, 15) is 13.2 Å². The van der Waals surface area contributed by atoms with E-state index in [2.05, 4.69) is 19.5 Å². The molecule has 1 fully saturated rings. The minimum atomic E-state index is -4.50. The molecule has 8 nitrogen and oxygen atoms in total. The molecular weight excluding hydrogens is 555 g/mol. The quantitative estimate of drug-likeness (QED) is 0.201. The smallest absolute Gasteiger partial charge is 0.434 e. The van der Waals surface area contributed by atoms with Gasteiger partial charge in [0.15, 0.2) is 11.5 Å². The van der Waals surface area contributed by atoms with E-state index in [1.807, 2.05) is 44.3 Å². The molecule has 0 saturated heterocycles. The van der Waals surface area contributed by atoms with Gasteiger partial charge in [-0.1, -0.05) is 24.3 Å². The van der Waals surface area contributed by atoms with Crippen molar-refractivity contribution in [1.29, 1.82) is 0 Å². The van der Waals surface area contributed by atoms with Crippen LogP contribution in [0.15, 0.2) is 43.0 Å². The van der Waals surface area contributed by atoms with Gasteiger partial charge in [-0.05, 0) is 51.5 Å². The van der Waals surface area contributed by atoms with Gasteiger partial charge in [0, 0.05) is 47.9 Å². The molecule has 0 radical (unpaired) electrons. The van der Waals surface area contributed by atoms with Gasteiger partial charge in [-0.3, -0.25) is 0 Å². The Morgan fingerprint density at radius 3 is 2.51 bits per heavy atom. The third kappa shape index (κ3) is 4.94. The second-order valence-corrected chi connectivity index (χ2v) is 11.7. The van der Waals surface area contributed by atoms with Crippen LogP contribution >= 0.6 is 0 Å². The number of nitrogens with zero attached hydrogens (tertiary/aromatic N) is 7. The number of halogens is 3. The van der Waals surface area contributed by atoms with Gasteiger partial charge < -0.3 is 13.9 Å². The standard InChI is InChI=1S/C32H32F3N7O/c1-18(2)42-16-25(32(33,34)35)39-30(42)21-9-7-19(8-10-21)14-22-23-6-4-5-13-41(23)24-15-36-29(40-28(22)24)26-27(20-11-12-20)37-17-38-31(26)43-3/h7-10,15-18,20H,4-6,11-14H2,1-3H3. The lowest BCUT2D eigenvalue weighted by molar-refractivity contribution is -0.140. The van der Waals surface area contributed by atoms with Crippen molar-refractivity contribution in [2.75, 3.05) is 7.11 Å². The lowest BCUT2D eigenvalue weighted by atomic mass is 9.99. The molecule has 43 heavy (non-hydrogen) atoms. The maximum absolute atomic E-state index is 13.4. The average Bonchev–Trinajstić information content (AvgIpc) is 3.67. The molecule has 1 aromatic carbocycles. The van der Waals surface area contributed by atoms with Crippen molar-refractivity contribution >= 4 is 11.0 Å². The van der Waals surface area contributed by atoms with Crippen LogP contribution in [0.4, 0.5) is 13.2 Å². The van der Waals surface area contributed by atoms with Crippen molar-refractivity contribution in [3.05, 3.63) is 71.2 Å². The van der Waals surface area contributed by atoms with Crippen LogP contribution in [0.1, 0.15) is 79.7 Å². The number of aryl methyl sites for hydroxylation is 1. The summed E-state index contributed by atoms with van der Waals surface area (Å²) in [6.07, 6.45) is 5.99. The molecule has 0 amide bonds. The molecule has 1 saturated carbocycles. The molecule has 0 bridgehead atoms. The summed E-state index contributed by atoms with van der Waals surface area (Å²) in [6.45, 7) is 4.61. The van der Waals surface area contributed by atoms with Crippen LogP contribution in [0, 0.1) is 0 Å². The first-order valence-electron chi connectivity index (χ1n) is 14.7. The fourth-order valence-electron chi connectivity index (χ4n) is 6.18. The number of hydrogen-bond acceptors (Lipinski definition) is 6. The number of ether oxygens (including phenoxy) is 1. The maximum atomic E-state index is 13.4. The molecule has 0 spiro atoms. The predicted octanol–water partition coefficient (Wildman–Crippen LogP) is 7.16. The van der Waals surface area contributed by atoms with E-state index < -0.39 is 11.9 Å². The summed E-state index contributed by atoms with van der Waals surface area (Å²) in [7, 11) is 1.60. The number of imidazole rings is 1. The maximum Gasteiger partial charge on any atom is 0.434 e. The molecule has 1 aliphatic carbocycles. The highest BCUT2D eigenvalue weighted by molar-refractivity contribution is 5.84. The van der Waals surface area contributed by atoms with Gasteiger partial charge in [-0.25, -0.2) is 24.9 Å². The molecule has 11 heteroatoms. The van der Waals surface area contributed by atoms with Crippen LogP contribution < -0.4 is 4.74 Å². The molecule has 0 unspecified atom stereocenters. The Hall–Kier alpha value is -4.28. The Morgan fingerprint density at radius 1 is 1.02 bits per heavy atom. The van der Waals surface area contributed by atoms with Gasteiger partial charge in [-0.15, -0.1) is 0 Å². The van der Waals surface area contributed by atoms with Crippen molar-refractivity contribution in [2.24, 2.45) is 0 Å².